The second-order valence-electron chi connectivity index (χ2n) is 6.06. The number of aromatic nitrogens is 1. The lowest BCUT2D eigenvalue weighted by Crippen LogP contribution is -2.13. The average Bonchev–Trinajstić information content (AvgIpc) is 3.16. The third kappa shape index (κ3) is 5.92. The van der Waals surface area contributed by atoms with Gasteiger partial charge < -0.3 is 4.74 Å². The molecule has 146 valence electrons. The first-order chi connectivity index (χ1) is 14.1. The lowest BCUT2D eigenvalue weighted by atomic mass is 10.1. The molecule has 1 aromatic heterocycles. The van der Waals surface area contributed by atoms with Crippen molar-refractivity contribution in [3.05, 3.63) is 81.3 Å². The highest BCUT2D eigenvalue weighted by Gasteiger charge is 2.12. The van der Waals surface area contributed by atoms with Crippen LogP contribution in [0.1, 0.15) is 22.9 Å². The standard InChI is InChI=1S/C22H18ClN3O2S/c1-2-28-19-9-5-15(6-10-19)11-17(13-24)21(27)26-22-25-14-20(29-22)12-16-3-7-18(23)8-4-16/h3-11,14H,2,12H2,1H3,(H,25,26,27)/b17-11+. The van der Waals surface area contributed by atoms with Crippen molar-refractivity contribution in [1.82, 2.24) is 4.98 Å². The molecule has 1 heterocycles. The molecule has 1 N–H and O–H groups in total. The molecule has 5 nitrogen and oxygen atoms in total. The molecule has 0 unspecified atom stereocenters. The number of hydrogen-bond acceptors (Lipinski definition) is 5. The van der Waals surface area contributed by atoms with Gasteiger partial charge in [-0.15, -0.1) is 11.3 Å². The Hall–Kier alpha value is -3.14. The lowest BCUT2D eigenvalue weighted by molar-refractivity contribution is -0.112. The van der Waals surface area contributed by atoms with Crippen LogP contribution >= 0.6 is 22.9 Å². The Labute approximate surface area is 178 Å². The molecule has 0 radical (unpaired) electrons. The summed E-state index contributed by atoms with van der Waals surface area (Å²) in [6, 6.07) is 16.7. The van der Waals surface area contributed by atoms with E-state index >= 15 is 0 Å². The first-order valence-electron chi connectivity index (χ1n) is 8.92. The van der Waals surface area contributed by atoms with E-state index < -0.39 is 5.91 Å². The number of halogens is 1. The number of ether oxygens (including phenoxy) is 1. The molecule has 1 amide bonds. The van der Waals surface area contributed by atoms with Gasteiger partial charge in [0.05, 0.1) is 6.61 Å². The Morgan fingerprint density at radius 1 is 1.24 bits per heavy atom. The minimum atomic E-state index is -0.492. The van der Waals surface area contributed by atoms with Crippen LogP contribution in [-0.4, -0.2) is 17.5 Å². The molecular weight excluding hydrogens is 406 g/mol. The molecule has 0 saturated heterocycles. The van der Waals surface area contributed by atoms with Crippen molar-refractivity contribution in [3.8, 4) is 11.8 Å². The molecule has 2 aromatic carbocycles. The molecule has 29 heavy (non-hydrogen) atoms. The van der Waals surface area contributed by atoms with Crippen LogP contribution in [0.2, 0.25) is 5.02 Å². The van der Waals surface area contributed by atoms with Crippen molar-refractivity contribution in [3.63, 3.8) is 0 Å². The summed E-state index contributed by atoms with van der Waals surface area (Å²) in [6.07, 6.45) is 3.95. The normalized spacial score (nSPS) is 11.0. The maximum atomic E-state index is 12.4. The van der Waals surface area contributed by atoms with E-state index in [4.69, 9.17) is 16.3 Å². The average molecular weight is 424 g/mol. The van der Waals surface area contributed by atoms with E-state index in [1.807, 2.05) is 37.3 Å². The summed E-state index contributed by atoms with van der Waals surface area (Å²) in [5.41, 5.74) is 1.84. The zero-order chi connectivity index (χ0) is 20.6. The van der Waals surface area contributed by atoms with Crippen LogP contribution in [0, 0.1) is 11.3 Å². The summed E-state index contributed by atoms with van der Waals surface area (Å²) < 4.78 is 5.39. The summed E-state index contributed by atoms with van der Waals surface area (Å²) >= 11 is 7.28. The Kier molecular flexibility index (Phi) is 7.01. The number of thiazole rings is 1. The molecule has 0 atom stereocenters. The Balaban J connectivity index is 1.65. The third-order valence-corrected chi connectivity index (χ3v) is 5.10. The highest BCUT2D eigenvalue weighted by Crippen LogP contribution is 2.23. The van der Waals surface area contributed by atoms with E-state index in [9.17, 15) is 10.1 Å². The van der Waals surface area contributed by atoms with Gasteiger partial charge >= 0.3 is 0 Å². The molecule has 0 aliphatic carbocycles. The number of hydrogen-bond donors (Lipinski definition) is 1. The molecule has 0 spiro atoms. The SMILES string of the molecule is CCOc1ccc(/C=C(\C#N)C(=O)Nc2ncc(Cc3ccc(Cl)cc3)s2)cc1. The van der Waals surface area contributed by atoms with Gasteiger partial charge in [-0.05, 0) is 48.4 Å². The lowest BCUT2D eigenvalue weighted by Gasteiger charge is -2.03. The molecule has 0 bridgehead atoms. The first-order valence-corrected chi connectivity index (χ1v) is 10.1. The highest BCUT2D eigenvalue weighted by atomic mass is 35.5. The fraction of sp³-hybridized carbons (Fsp3) is 0.136. The molecule has 7 heteroatoms. The van der Waals surface area contributed by atoms with Crippen molar-refractivity contribution in [2.45, 2.75) is 13.3 Å². The Bertz CT molecular complexity index is 1050. The second kappa shape index (κ2) is 9.87. The number of benzene rings is 2. The van der Waals surface area contributed by atoms with Gasteiger partial charge in [0.25, 0.3) is 5.91 Å². The molecule has 3 rings (SSSR count). The summed E-state index contributed by atoms with van der Waals surface area (Å²) in [5.74, 6) is 0.248. The van der Waals surface area contributed by atoms with Crippen molar-refractivity contribution in [2.24, 2.45) is 0 Å². The van der Waals surface area contributed by atoms with E-state index in [0.29, 0.717) is 23.2 Å². The third-order valence-electron chi connectivity index (χ3n) is 3.93. The molecule has 3 aromatic rings. The van der Waals surface area contributed by atoms with Crippen molar-refractivity contribution < 1.29 is 9.53 Å². The van der Waals surface area contributed by atoms with Crippen LogP contribution in [0.15, 0.2) is 60.3 Å². The van der Waals surface area contributed by atoms with E-state index in [-0.39, 0.29) is 5.57 Å². The number of nitriles is 1. The van der Waals surface area contributed by atoms with E-state index in [1.54, 1.807) is 30.5 Å². The fourth-order valence-corrected chi connectivity index (χ4v) is 3.52. The largest absolute Gasteiger partial charge is 0.494 e. The Morgan fingerprint density at radius 2 is 1.97 bits per heavy atom. The number of amides is 1. The number of nitrogens with one attached hydrogen (secondary N) is 1. The van der Waals surface area contributed by atoms with E-state index in [2.05, 4.69) is 10.3 Å². The van der Waals surface area contributed by atoms with E-state index in [0.717, 1.165) is 21.8 Å². The smallest absolute Gasteiger partial charge is 0.268 e. The minimum Gasteiger partial charge on any atom is -0.494 e. The Morgan fingerprint density at radius 3 is 2.62 bits per heavy atom. The fourth-order valence-electron chi connectivity index (χ4n) is 2.56. The number of carbonyl (C=O) groups is 1. The first kappa shape index (κ1) is 20.6. The quantitative estimate of drug-likeness (QED) is 0.411. The summed E-state index contributed by atoms with van der Waals surface area (Å²) in [7, 11) is 0. The van der Waals surface area contributed by atoms with Crippen LogP contribution in [-0.2, 0) is 11.2 Å². The van der Waals surface area contributed by atoms with Crippen LogP contribution in [0.25, 0.3) is 6.08 Å². The predicted molar refractivity (Wildman–Crippen MR) is 116 cm³/mol. The monoisotopic (exact) mass is 423 g/mol. The second-order valence-corrected chi connectivity index (χ2v) is 7.61. The van der Waals surface area contributed by atoms with Gasteiger partial charge in [-0.25, -0.2) is 4.98 Å². The zero-order valence-corrected chi connectivity index (χ0v) is 17.3. The number of anilines is 1. The van der Waals surface area contributed by atoms with Crippen molar-refractivity contribution in [1.29, 1.82) is 5.26 Å². The van der Waals surface area contributed by atoms with Gasteiger partial charge in [0.1, 0.15) is 17.4 Å². The summed E-state index contributed by atoms with van der Waals surface area (Å²) in [4.78, 5) is 17.7. The van der Waals surface area contributed by atoms with E-state index in [1.165, 1.54) is 17.4 Å². The molecule has 0 aliphatic heterocycles. The maximum Gasteiger partial charge on any atom is 0.268 e. The van der Waals surface area contributed by atoms with Crippen LogP contribution < -0.4 is 10.1 Å². The maximum absolute atomic E-state index is 12.4. The molecule has 0 aliphatic rings. The predicted octanol–water partition coefficient (Wildman–Crippen LogP) is 5.33. The minimum absolute atomic E-state index is 0.00334. The van der Waals surface area contributed by atoms with Gasteiger partial charge in [0, 0.05) is 22.5 Å². The number of rotatable bonds is 7. The van der Waals surface area contributed by atoms with Crippen LogP contribution in [0.5, 0.6) is 5.75 Å². The van der Waals surface area contributed by atoms with Crippen molar-refractivity contribution in [2.75, 3.05) is 11.9 Å². The number of nitrogens with zero attached hydrogens (tertiary/aromatic N) is 2. The van der Waals surface area contributed by atoms with Crippen LogP contribution in [0.3, 0.4) is 0 Å². The van der Waals surface area contributed by atoms with Crippen LogP contribution in [0.4, 0.5) is 5.13 Å². The van der Waals surface area contributed by atoms with Gasteiger partial charge in [-0.2, -0.15) is 5.26 Å². The molecular formula is C22H18ClN3O2S. The highest BCUT2D eigenvalue weighted by molar-refractivity contribution is 7.15. The topological polar surface area (TPSA) is 75.0 Å². The summed E-state index contributed by atoms with van der Waals surface area (Å²) in [5, 5.41) is 13.2. The number of carbonyl (C=O) groups excluding carboxylic acids is 1. The van der Waals surface area contributed by atoms with Gasteiger partial charge in [-0.3, -0.25) is 10.1 Å². The summed E-state index contributed by atoms with van der Waals surface area (Å²) in [6.45, 7) is 2.49. The van der Waals surface area contributed by atoms with Gasteiger partial charge in [0.2, 0.25) is 0 Å². The van der Waals surface area contributed by atoms with Gasteiger partial charge in [0.15, 0.2) is 5.13 Å². The molecule has 0 fully saturated rings. The zero-order valence-electron chi connectivity index (χ0n) is 15.7. The van der Waals surface area contributed by atoms with Crippen molar-refractivity contribution >= 4 is 40.1 Å². The van der Waals surface area contributed by atoms with Gasteiger partial charge in [-0.1, -0.05) is 35.9 Å². The molecule has 0 saturated carbocycles.